The number of benzene rings is 1. The van der Waals surface area contributed by atoms with Crippen LogP contribution >= 0.6 is 24.0 Å². The zero-order valence-electron chi connectivity index (χ0n) is 17.0. The Morgan fingerprint density at radius 2 is 2.07 bits per heavy atom. The van der Waals surface area contributed by atoms with Gasteiger partial charge in [-0.25, -0.2) is 4.39 Å². The molecule has 0 spiro atoms. The summed E-state index contributed by atoms with van der Waals surface area (Å²) < 4.78 is 18.8. The molecule has 3 rings (SSSR count). The highest BCUT2D eigenvalue weighted by Crippen LogP contribution is 2.26. The zero-order chi connectivity index (χ0) is 19.1. The fourth-order valence-electron chi connectivity index (χ4n) is 4.25. The third-order valence-corrected chi connectivity index (χ3v) is 5.70. The Balaban J connectivity index is 0.00000280. The van der Waals surface area contributed by atoms with Crippen LogP contribution in [0.25, 0.3) is 0 Å². The minimum absolute atomic E-state index is 0. The van der Waals surface area contributed by atoms with Crippen LogP contribution in [0, 0.1) is 11.7 Å². The summed E-state index contributed by atoms with van der Waals surface area (Å²) in [5, 5.41) is 6.89. The second kappa shape index (κ2) is 11.9. The van der Waals surface area contributed by atoms with Crippen molar-refractivity contribution < 1.29 is 9.13 Å². The second-order valence-electron chi connectivity index (χ2n) is 7.82. The first-order valence-corrected chi connectivity index (χ1v) is 10.1. The summed E-state index contributed by atoms with van der Waals surface area (Å²) in [6.07, 6.45) is 6.78. The fourth-order valence-corrected chi connectivity index (χ4v) is 4.25. The quantitative estimate of drug-likeness (QED) is 0.339. The molecule has 1 aromatic rings. The zero-order valence-corrected chi connectivity index (χ0v) is 19.4. The van der Waals surface area contributed by atoms with E-state index in [4.69, 9.17) is 4.74 Å². The lowest BCUT2D eigenvalue weighted by Gasteiger charge is -2.21. The van der Waals surface area contributed by atoms with Gasteiger partial charge >= 0.3 is 0 Å². The predicted molar refractivity (Wildman–Crippen MR) is 123 cm³/mol. The minimum Gasteiger partial charge on any atom is -0.380 e. The molecule has 1 heterocycles. The van der Waals surface area contributed by atoms with Crippen LogP contribution < -0.4 is 10.6 Å². The van der Waals surface area contributed by atoms with Crippen LogP contribution in [-0.2, 0) is 17.9 Å². The van der Waals surface area contributed by atoms with E-state index in [9.17, 15) is 4.39 Å². The first kappa shape index (κ1) is 23.3. The minimum atomic E-state index is -0.226. The van der Waals surface area contributed by atoms with Crippen LogP contribution in [0.2, 0.25) is 0 Å². The summed E-state index contributed by atoms with van der Waals surface area (Å²) in [7, 11) is 3.37. The highest BCUT2D eigenvalue weighted by atomic mass is 127. The molecule has 5 nitrogen and oxygen atoms in total. The van der Waals surface area contributed by atoms with Crippen molar-refractivity contribution in [3.8, 4) is 0 Å². The molecule has 1 saturated carbocycles. The van der Waals surface area contributed by atoms with Gasteiger partial charge in [-0.3, -0.25) is 4.99 Å². The van der Waals surface area contributed by atoms with Crippen molar-refractivity contribution in [2.75, 3.05) is 33.8 Å². The molecule has 1 saturated heterocycles. The molecule has 2 N–H and O–H groups in total. The highest BCUT2D eigenvalue weighted by Gasteiger charge is 2.26. The van der Waals surface area contributed by atoms with Crippen molar-refractivity contribution in [1.82, 2.24) is 15.5 Å². The topological polar surface area (TPSA) is 48.9 Å². The number of aliphatic imine (C=N–C) groups is 1. The molecular weight excluding hydrogens is 470 g/mol. The van der Waals surface area contributed by atoms with Crippen molar-refractivity contribution in [3.05, 3.63) is 35.1 Å². The van der Waals surface area contributed by atoms with Crippen LogP contribution in [0.3, 0.4) is 0 Å². The maximum atomic E-state index is 13.7. The average molecular weight is 504 g/mol. The maximum absolute atomic E-state index is 13.7. The molecule has 1 unspecified atom stereocenters. The normalized spacial score (nSPS) is 21.0. The number of nitrogens with one attached hydrogen (secondary N) is 2. The van der Waals surface area contributed by atoms with E-state index in [1.807, 2.05) is 6.07 Å². The van der Waals surface area contributed by atoms with Crippen LogP contribution in [0.4, 0.5) is 4.39 Å². The van der Waals surface area contributed by atoms with Gasteiger partial charge in [0, 0.05) is 51.9 Å². The van der Waals surface area contributed by atoms with E-state index in [-0.39, 0.29) is 36.4 Å². The number of nitrogens with zero attached hydrogens (tertiary/aromatic N) is 2. The molecule has 158 valence electrons. The largest absolute Gasteiger partial charge is 0.380 e. The summed E-state index contributed by atoms with van der Waals surface area (Å²) in [5.74, 6) is 1.48. The molecular formula is C21H34FIN4O. The molecule has 28 heavy (non-hydrogen) atoms. The summed E-state index contributed by atoms with van der Waals surface area (Å²) in [6, 6.07) is 5.58. The van der Waals surface area contributed by atoms with Crippen LogP contribution in [0.5, 0.6) is 0 Å². The molecule has 0 aromatic heterocycles. The van der Waals surface area contributed by atoms with E-state index in [1.54, 1.807) is 20.2 Å². The maximum Gasteiger partial charge on any atom is 0.191 e. The van der Waals surface area contributed by atoms with E-state index >= 15 is 0 Å². The lowest BCUT2D eigenvalue weighted by Crippen LogP contribution is -2.44. The van der Waals surface area contributed by atoms with Gasteiger partial charge in [0.25, 0.3) is 0 Å². The number of rotatable bonds is 7. The van der Waals surface area contributed by atoms with Crippen molar-refractivity contribution >= 4 is 29.9 Å². The lowest BCUT2D eigenvalue weighted by molar-refractivity contribution is 0.181. The van der Waals surface area contributed by atoms with Crippen LogP contribution in [0.15, 0.2) is 23.2 Å². The number of hydrogen-bond acceptors (Lipinski definition) is 3. The van der Waals surface area contributed by atoms with Crippen molar-refractivity contribution in [3.63, 3.8) is 0 Å². The van der Waals surface area contributed by atoms with E-state index in [1.165, 1.54) is 44.8 Å². The number of hydrogen-bond donors (Lipinski definition) is 2. The van der Waals surface area contributed by atoms with Gasteiger partial charge < -0.3 is 20.3 Å². The van der Waals surface area contributed by atoms with Crippen LogP contribution in [-0.4, -0.2) is 50.7 Å². The SMILES string of the molecule is CN=C(NCc1ccc(F)c(COC)c1)NC1CCN(CC2CCCC2)C1.I. The molecule has 0 radical (unpaired) electrons. The smallest absolute Gasteiger partial charge is 0.191 e. The van der Waals surface area contributed by atoms with E-state index in [2.05, 4.69) is 20.5 Å². The Bertz CT molecular complexity index is 637. The number of guanidine groups is 1. The van der Waals surface area contributed by atoms with Gasteiger partial charge in [-0.15, -0.1) is 24.0 Å². The Morgan fingerprint density at radius 3 is 2.79 bits per heavy atom. The molecule has 1 atom stereocenters. The molecule has 7 heteroatoms. The van der Waals surface area contributed by atoms with E-state index < -0.39 is 0 Å². The number of halogens is 2. The molecule has 1 aliphatic heterocycles. The van der Waals surface area contributed by atoms with Gasteiger partial charge in [0.05, 0.1) is 6.61 Å². The monoisotopic (exact) mass is 504 g/mol. The van der Waals surface area contributed by atoms with Crippen molar-refractivity contribution in [1.29, 1.82) is 0 Å². The van der Waals surface area contributed by atoms with Gasteiger partial charge in [-0.1, -0.05) is 18.9 Å². The Morgan fingerprint density at radius 1 is 1.29 bits per heavy atom. The van der Waals surface area contributed by atoms with E-state index in [0.29, 0.717) is 18.2 Å². The number of methoxy groups -OCH3 is 1. The summed E-state index contributed by atoms with van der Waals surface area (Å²) in [6.45, 7) is 4.40. The van der Waals surface area contributed by atoms with Gasteiger partial charge in [-0.2, -0.15) is 0 Å². The van der Waals surface area contributed by atoms with Crippen LogP contribution in [0.1, 0.15) is 43.2 Å². The predicted octanol–water partition coefficient (Wildman–Crippen LogP) is 3.52. The van der Waals surface area contributed by atoms with Gasteiger partial charge in [-0.05, 0) is 42.9 Å². The first-order valence-electron chi connectivity index (χ1n) is 10.1. The second-order valence-corrected chi connectivity index (χ2v) is 7.82. The van der Waals surface area contributed by atoms with Gasteiger partial charge in [0.1, 0.15) is 5.82 Å². The summed E-state index contributed by atoms with van der Waals surface area (Å²) in [5.41, 5.74) is 1.60. The molecule has 0 amide bonds. The van der Waals surface area contributed by atoms with Crippen molar-refractivity contribution in [2.45, 2.75) is 51.3 Å². The lowest BCUT2D eigenvalue weighted by atomic mass is 10.1. The molecule has 2 aliphatic rings. The molecule has 1 aromatic carbocycles. The van der Waals surface area contributed by atoms with Gasteiger partial charge in [0.15, 0.2) is 5.96 Å². The summed E-state index contributed by atoms with van der Waals surface area (Å²) in [4.78, 5) is 6.94. The Hall–Kier alpha value is -0.930. The van der Waals surface area contributed by atoms with E-state index in [0.717, 1.165) is 30.4 Å². The van der Waals surface area contributed by atoms with Gasteiger partial charge in [0.2, 0.25) is 0 Å². The fraction of sp³-hybridized carbons (Fsp3) is 0.667. The standard InChI is InChI=1S/C21H33FN4O.HI/c1-23-21(24-12-17-7-8-20(22)18(11-17)15-27-2)25-19-9-10-26(14-19)13-16-5-3-4-6-16;/h7-8,11,16,19H,3-6,9-10,12-15H2,1-2H3,(H2,23,24,25);1H. The first-order chi connectivity index (χ1) is 13.2. The Kier molecular flexibility index (Phi) is 9.94. The number of likely N-dealkylation sites (tertiary alicyclic amines) is 1. The Labute approximate surface area is 185 Å². The molecule has 1 aliphatic carbocycles. The number of ether oxygens (including phenoxy) is 1. The third-order valence-electron chi connectivity index (χ3n) is 5.70. The molecule has 2 fully saturated rings. The molecule has 0 bridgehead atoms. The third kappa shape index (κ3) is 6.84. The summed E-state index contributed by atoms with van der Waals surface area (Å²) >= 11 is 0. The average Bonchev–Trinajstić information content (AvgIpc) is 3.34. The highest BCUT2D eigenvalue weighted by molar-refractivity contribution is 14.0. The van der Waals surface area contributed by atoms with Crippen molar-refractivity contribution in [2.24, 2.45) is 10.9 Å².